The number of nitrogens with zero attached hydrogens (tertiary/aromatic N) is 1. The molecule has 0 saturated carbocycles. The van der Waals surface area contributed by atoms with Crippen LogP contribution in [0.2, 0.25) is 0 Å². The lowest BCUT2D eigenvalue weighted by Gasteiger charge is -2.10. The maximum absolute atomic E-state index is 8.51. The summed E-state index contributed by atoms with van der Waals surface area (Å²) in [5.74, 6) is 0. The van der Waals surface area contributed by atoms with E-state index in [1.54, 1.807) is 0 Å². The molecule has 0 amide bonds. The predicted octanol–water partition coefficient (Wildman–Crippen LogP) is 0.198. The molecule has 1 rings (SSSR count). The molecule has 10 heavy (non-hydrogen) atoms. The lowest BCUT2D eigenvalue weighted by Crippen LogP contribution is -2.39. The van der Waals surface area contributed by atoms with Gasteiger partial charge in [0.25, 0.3) is 0 Å². The fraction of sp³-hybridized carbons (Fsp3) is 0.857. The first-order chi connectivity index (χ1) is 4.86. The fourth-order valence-corrected chi connectivity index (χ4v) is 1.25. The average molecular weight is 139 g/mol. The minimum atomic E-state index is 0.0732. The largest absolute Gasteiger partial charge is 0.302 e. The van der Waals surface area contributed by atoms with Crippen LogP contribution in [0, 0.1) is 11.3 Å². The van der Waals surface area contributed by atoms with Crippen molar-refractivity contribution < 1.29 is 0 Å². The Hall–Kier alpha value is -0.590. The van der Waals surface area contributed by atoms with Crippen LogP contribution in [0.25, 0.3) is 0 Å². The molecule has 0 aliphatic carbocycles. The van der Waals surface area contributed by atoms with Gasteiger partial charge in [-0.05, 0) is 19.4 Å². The summed E-state index contributed by atoms with van der Waals surface area (Å²) in [5.41, 5.74) is 0. The molecular formula is C7H13N3. The molecule has 1 saturated heterocycles. The summed E-state index contributed by atoms with van der Waals surface area (Å²) in [6.07, 6.45) is 2.43. The maximum atomic E-state index is 8.51. The van der Waals surface area contributed by atoms with E-state index in [0.717, 1.165) is 19.4 Å². The van der Waals surface area contributed by atoms with E-state index >= 15 is 0 Å². The Balaban J connectivity index is 2.23. The Labute approximate surface area is 61.4 Å². The Kier molecular flexibility index (Phi) is 2.67. The van der Waals surface area contributed by atoms with Crippen LogP contribution < -0.4 is 10.6 Å². The van der Waals surface area contributed by atoms with Gasteiger partial charge >= 0.3 is 0 Å². The summed E-state index contributed by atoms with van der Waals surface area (Å²) in [6.45, 7) is 3.04. The molecule has 56 valence electrons. The maximum Gasteiger partial charge on any atom is 0.0965 e. The molecule has 0 aromatic heterocycles. The second kappa shape index (κ2) is 3.55. The van der Waals surface area contributed by atoms with Crippen molar-refractivity contribution in [1.29, 1.82) is 5.26 Å². The molecule has 0 bridgehead atoms. The molecule has 0 aromatic rings. The molecule has 3 nitrogen and oxygen atoms in total. The van der Waals surface area contributed by atoms with Crippen molar-refractivity contribution in [1.82, 2.24) is 10.6 Å². The molecule has 3 heteroatoms. The third-order valence-corrected chi connectivity index (χ3v) is 1.75. The third kappa shape index (κ3) is 1.69. The van der Waals surface area contributed by atoms with Gasteiger partial charge in [-0.15, -0.1) is 0 Å². The second-order valence-corrected chi connectivity index (χ2v) is 2.54. The third-order valence-electron chi connectivity index (χ3n) is 1.75. The first-order valence-corrected chi connectivity index (χ1v) is 3.76. The van der Waals surface area contributed by atoms with Crippen LogP contribution in [-0.4, -0.2) is 18.8 Å². The zero-order valence-electron chi connectivity index (χ0n) is 6.22. The molecule has 1 heterocycles. The number of rotatable bonds is 2. The van der Waals surface area contributed by atoms with Crippen molar-refractivity contribution in [3.05, 3.63) is 0 Å². The fourth-order valence-electron chi connectivity index (χ4n) is 1.25. The van der Waals surface area contributed by atoms with Gasteiger partial charge in [0.05, 0.1) is 18.3 Å². The van der Waals surface area contributed by atoms with Crippen LogP contribution in [0.4, 0.5) is 0 Å². The van der Waals surface area contributed by atoms with Crippen molar-refractivity contribution in [3.8, 4) is 6.07 Å². The average Bonchev–Trinajstić information content (AvgIpc) is 2.37. The van der Waals surface area contributed by atoms with Gasteiger partial charge in [-0.3, -0.25) is 5.32 Å². The highest BCUT2D eigenvalue weighted by Gasteiger charge is 2.21. The van der Waals surface area contributed by atoms with Gasteiger partial charge in [-0.25, -0.2) is 0 Å². The van der Waals surface area contributed by atoms with Gasteiger partial charge in [0.1, 0.15) is 0 Å². The molecular weight excluding hydrogens is 126 g/mol. The molecule has 2 N–H and O–H groups in total. The molecule has 1 aliphatic rings. The highest BCUT2D eigenvalue weighted by Crippen LogP contribution is 2.08. The van der Waals surface area contributed by atoms with Crippen molar-refractivity contribution in [2.45, 2.75) is 32.0 Å². The van der Waals surface area contributed by atoms with Gasteiger partial charge < -0.3 is 5.32 Å². The van der Waals surface area contributed by atoms with Crippen LogP contribution in [-0.2, 0) is 0 Å². The molecule has 0 radical (unpaired) electrons. The Morgan fingerprint density at radius 3 is 3.00 bits per heavy atom. The van der Waals surface area contributed by atoms with E-state index in [2.05, 4.69) is 23.6 Å². The molecule has 1 aliphatic heterocycles. The van der Waals surface area contributed by atoms with Crippen LogP contribution >= 0.6 is 0 Å². The number of nitrogens with one attached hydrogen (secondary N) is 2. The Bertz CT molecular complexity index is 138. The van der Waals surface area contributed by atoms with E-state index in [1.807, 2.05) is 0 Å². The monoisotopic (exact) mass is 139 g/mol. The number of hydrogen-bond donors (Lipinski definition) is 2. The van der Waals surface area contributed by atoms with Crippen LogP contribution in [0.3, 0.4) is 0 Å². The highest BCUT2D eigenvalue weighted by molar-refractivity contribution is 4.96. The summed E-state index contributed by atoms with van der Waals surface area (Å²) in [5, 5.41) is 14.9. The van der Waals surface area contributed by atoms with E-state index in [9.17, 15) is 0 Å². The van der Waals surface area contributed by atoms with Crippen molar-refractivity contribution in [3.63, 3.8) is 0 Å². The minimum absolute atomic E-state index is 0.0732. The zero-order chi connectivity index (χ0) is 7.40. The van der Waals surface area contributed by atoms with Gasteiger partial charge in [0.15, 0.2) is 0 Å². The molecule has 0 aromatic carbocycles. The summed E-state index contributed by atoms with van der Waals surface area (Å²) in [4.78, 5) is 0. The van der Waals surface area contributed by atoms with Crippen molar-refractivity contribution in [2.75, 3.05) is 6.54 Å². The number of hydrogen-bond acceptors (Lipinski definition) is 3. The van der Waals surface area contributed by atoms with E-state index in [4.69, 9.17) is 5.26 Å². The van der Waals surface area contributed by atoms with Crippen molar-refractivity contribution in [2.24, 2.45) is 0 Å². The van der Waals surface area contributed by atoms with Crippen LogP contribution in [0.5, 0.6) is 0 Å². The first kappa shape index (κ1) is 7.52. The van der Waals surface area contributed by atoms with Crippen molar-refractivity contribution >= 4 is 0 Å². The highest BCUT2D eigenvalue weighted by atomic mass is 15.2. The summed E-state index contributed by atoms with van der Waals surface area (Å²) in [6, 6.07) is 2.27. The minimum Gasteiger partial charge on any atom is -0.302 e. The quantitative estimate of drug-likeness (QED) is 0.574. The first-order valence-electron chi connectivity index (χ1n) is 3.76. The smallest absolute Gasteiger partial charge is 0.0965 e. The van der Waals surface area contributed by atoms with Gasteiger partial charge in [0.2, 0.25) is 0 Å². The molecule has 0 spiro atoms. The second-order valence-electron chi connectivity index (χ2n) is 2.54. The van der Waals surface area contributed by atoms with E-state index in [1.165, 1.54) is 0 Å². The van der Waals surface area contributed by atoms with Crippen LogP contribution in [0.15, 0.2) is 0 Å². The van der Waals surface area contributed by atoms with E-state index in [-0.39, 0.29) is 6.04 Å². The van der Waals surface area contributed by atoms with E-state index in [0.29, 0.717) is 6.17 Å². The summed E-state index contributed by atoms with van der Waals surface area (Å²) >= 11 is 0. The standard InChI is InChI=1S/C7H13N3/c1-2-9-7-4-3-6(5-8)10-7/h6-7,9-10H,2-4H2,1H3. The van der Waals surface area contributed by atoms with Gasteiger partial charge in [-0.2, -0.15) is 5.26 Å². The molecule has 1 fully saturated rings. The lowest BCUT2D eigenvalue weighted by molar-refractivity contribution is 0.487. The summed E-state index contributed by atoms with van der Waals surface area (Å²) in [7, 11) is 0. The SMILES string of the molecule is CCNC1CCC(C#N)N1. The zero-order valence-corrected chi connectivity index (χ0v) is 6.22. The van der Waals surface area contributed by atoms with Gasteiger partial charge in [-0.1, -0.05) is 6.92 Å². The normalized spacial score (nSPS) is 32.0. The topological polar surface area (TPSA) is 47.9 Å². The Morgan fingerprint density at radius 1 is 1.70 bits per heavy atom. The predicted molar refractivity (Wildman–Crippen MR) is 39.2 cm³/mol. The molecule has 2 atom stereocenters. The lowest BCUT2D eigenvalue weighted by atomic mass is 10.2. The summed E-state index contributed by atoms with van der Waals surface area (Å²) < 4.78 is 0. The number of nitriles is 1. The Morgan fingerprint density at radius 2 is 2.50 bits per heavy atom. The van der Waals surface area contributed by atoms with Gasteiger partial charge in [0, 0.05) is 0 Å². The molecule has 2 unspecified atom stereocenters. The van der Waals surface area contributed by atoms with Crippen LogP contribution in [0.1, 0.15) is 19.8 Å². The van der Waals surface area contributed by atoms with E-state index < -0.39 is 0 Å².